The third kappa shape index (κ3) is 2.75. The van der Waals surface area contributed by atoms with Crippen LogP contribution in [0.3, 0.4) is 0 Å². The van der Waals surface area contributed by atoms with E-state index in [4.69, 9.17) is 5.73 Å². The third-order valence-corrected chi connectivity index (χ3v) is 4.61. The molecule has 2 heterocycles. The molecule has 3 nitrogen and oxygen atoms in total. The highest BCUT2D eigenvalue weighted by atomic mass is 32.1. The lowest BCUT2D eigenvalue weighted by Crippen LogP contribution is -2.39. The maximum atomic E-state index is 12.3. The van der Waals surface area contributed by atoms with Crippen LogP contribution in [-0.2, 0) is 11.2 Å². The van der Waals surface area contributed by atoms with Crippen LogP contribution >= 0.6 is 11.3 Å². The number of thiophene rings is 1. The van der Waals surface area contributed by atoms with E-state index >= 15 is 0 Å². The third-order valence-electron chi connectivity index (χ3n) is 3.62. The van der Waals surface area contributed by atoms with Crippen LogP contribution in [0.25, 0.3) is 0 Å². The summed E-state index contributed by atoms with van der Waals surface area (Å²) in [7, 11) is 0. The summed E-state index contributed by atoms with van der Waals surface area (Å²) >= 11 is 1.82. The summed E-state index contributed by atoms with van der Waals surface area (Å²) in [6.45, 7) is 4.98. The molecule has 2 atom stereocenters. The zero-order valence-corrected chi connectivity index (χ0v) is 12.0. The number of nitrogens with zero attached hydrogens (tertiary/aromatic N) is 1. The molecule has 100 valence electrons. The molecule has 18 heavy (non-hydrogen) atoms. The Balaban J connectivity index is 2.08. The van der Waals surface area contributed by atoms with E-state index in [0.717, 1.165) is 25.8 Å². The van der Waals surface area contributed by atoms with Gasteiger partial charge in [-0.2, -0.15) is 0 Å². The summed E-state index contributed by atoms with van der Waals surface area (Å²) in [5, 5.41) is 2.14. The summed E-state index contributed by atoms with van der Waals surface area (Å²) in [6, 6.07) is 2.57. The summed E-state index contributed by atoms with van der Waals surface area (Å²) in [5.74, 6) is 0.260. The van der Waals surface area contributed by atoms with Gasteiger partial charge in [0.25, 0.3) is 0 Å². The Hall–Kier alpha value is -0.870. The van der Waals surface area contributed by atoms with Crippen LogP contribution in [0.15, 0.2) is 11.4 Å². The van der Waals surface area contributed by atoms with E-state index in [-0.39, 0.29) is 18.0 Å². The van der Waals surface area contributed by atoms with Crippen molar-refractivity contribution in [3.05, 3.63) is 21.9 Å². The Kier molecular flexibility index (Phi) is 4.40. The summed E-state index contributed by atoms with van der Waals surface area (Å²) in [4.78, 5) is 15.8. The van der Waals surface area contributed by atoms with Gasteiger partial charge in [0, 0.05) is 23.9 Å². The highest BCUT2D eigenvalue weighted by molar-refractivity contribution is 7.10. The van der Waals surface area contributed by atoms with Crippen molar-refractivity contribution in [2.24, 2.45) is 5.73 Å². The van der Waals surface area contributed by atoms with Gasteiger partial charge in [-0.05, 0) is 43.2 Å². The van der Waals surface area contributed by atoms with Crippen LogP contribution in [0.1, 0.15) is 49.6 Å². The molecule has 2 N–H and O–H groups in total. The molecule has 1 amide bonds. The minimum absolute atomic E-state index is 0.107. The fourth-order valence-electron chi connectivity index (χ4n) is 2.63. The van der Waals surface area contributed by atoms with Crippen LogP contribution in [0.4, 0.5) is 0 Å². The maximum absolute atomic E-state index is 12.3. The van der Waals surface area contributed by atoms with Crippen molar-refractivity contribution >= 4 is 17.2 Å². The molecule has 1 aliphatic rings. The van der Waals surface area contributed by atoms with Gasteiger partial charge in [-0.15, -0.1) is 11.3 Å². The number of hydrogen-bond donors (Lipinski definition) is 1. The molecule has 1 aromatic heterocycles. The predicted octanol–water partition coefficient (Wildman–Crippen LogP) is 2.71. The van der Waals surface area contributed by atoms with Crippen molar-refractivity contribution in [3.63, 3.8) is 0 Å². The van der Waals surface area contributed by atoms with Gasteiger partial charge in [-0.25, -0.2) is 0 Å². The van der Waals surface area contributed by atoms with Crippen molar-refractivity contribution in [1.82, 2.24) is 4.90 Å². The van der Waals surface area contributed by atoms with Crippen molar-refractivity contribution in [1.29, 1.82) is 0 Å². The lowest BCUT2D eigenvalue weighted by atomic mass is 9.97. The quantitative estimate of drug-likeness (QED) is 0.911. The standard InChI is InChI=1S/C14H22N2OS/c1-3-12-11-7-9-18-13(11)6-8-16(12)14(17)5-4-10(2)15/h7,9-10,12H,3-6,8,15H2,1-2H3. The van der Waals surface area contributed by atoms with E-state index in [2.05, 4.69) is 23.3 Å². The van der Waals surface area contributed by atoms with E-state index < -0.39 is 0 Å². The first-order valence-electron chi connectivity index (χ1n) is 6.74. The Bertz CT molecular complexity index is 414. The average Bonchev–Trinajstić information content (AvgIpc) is 2.82. The Morgan fingerprint density at radius 1 is 1.67 bits per heavy atom. The first-order chi connectivity index (χ1) is 8.63. The number of carbonyl (C=O) groups is 1. The van der Waals surface area contributed by atoms with Gasteiger partial charge >= 0.3 is 0 Å². The molecule has 0 saturated heterocycles. The molecule has 0 aromatic carbocycles. The first-order valence-corrected chi connectivity index (χ1v) is 7.62. The van der Waals surface area contributed by atoms with E-state index in [1.54, 1.807) is 0 Å². The Morgan fingerprint density at radius 2 is 2.44 bits per heavy atom. The van der Waals surface area contributed by atoms with Gasteiger partial charge in [0.15, 0.2) is 0 Å². The molecular weight excluding hydrogens is 244 g/mol. The molecule has 0 spiro atoms. The van der Waals surface area contributed by atoms with Gasteiger partial charge in [0.05, 0.1) is 6.04 Å². The highest BCUT2D eigenvalue weighted by Crippen LogP contribution is 2.35. The van der Waals surface area contributed by atoms with E-state index in [1.165, 1.54) is 10.4 Å². The second-order valence-electron chi connectivity index (χ2n) is 5.08. The largest absolute Gasteiger partial charge is 0.335 e. The molecule has 2 rings (SSSR count). The van der Waals surface area contributed by atoms with Crippen LogP contribution < -0.4 is 5.73 Å². The lowest BCUT2D eigenvalue weighted by molar-refractivity contribution is -0.134. The summed E-state index contributed by atoms with van der Waals surface area (Å²) in [5.41, 5.74) is 7.09. The van der Waals surface area contributed by atoms with E-state index in [0.29, 0.717) is 6.42 Å². The lowest BCUT2D eigenvalue weighted by Gasteiger charge is -2.35. The van der Waals surface area contributed by atoms with Crippen molar-refractivity contribution in [2.75, 3.05) is 6.54 Å². The zero-order valence-electron chi connectivity index (χ0n) is 11.2. The number of carbonyl (C=O) groups excluding carboxylic acids is 1. The Labute approximate surface area is 113 Å². The van der Waals surface area contributed by atoms with Gasteiger partial charge in [-0.1, -0.05) is 6.92 Å². The second-order valence-corrected chi connectivity index (χ2v) is 6.08. The summed E-state index contributed by atoms with van der Waals surface area (Å²) in [6.07, 6.45) is 3.36. The number of hydrogen-bond acceptors (Lipinski definition) is 3. The fraction of sp³-hybridized carbons (Fsp3) is 0.643. The van der Waals surface area contributed by atoms with E-state index in [9.17, 15) is 4.79 Å². The van der Waals surface area contributed by atoms with Crippen LogP contribution in [0.2, 0.25) is 0 Å². The van der Waals surface area contributed by atoms with Crippen LogP contribution in [-0.4, -0.2) is 23.4 Å². The first kappa shape index (κ1) is 13.6. The second kappa shape index (κ2) is 5.85. The Morgan fingerprint density at radius 3 is 3.11 bits per heavy atom. The molecule has 1 aromatic rings. The van der Waals surface area contributed by atoms with Crippen LogP contribution in [0.5, 0.6) is 0 Å². The minimum atomic E-state index is 0.107. The maximum Gasteiger partial charge on any atom is 0.223 e. The highest BCUT2D eigenvalue weighted by Gasteiger charge is 2.29. The zero-order chi connectivity index (χ0) is 13.1. The number of rotatable bonds is 4. The van der Waals surface area contributed by atoms with Gasteiger partial charge in [-0.3, -0.25) is 4.79 Å². The number of nitrogens with two attached hydrogens (primary N) is 1. The number of amides is 1. The normalized spacial score (nSPS) is 20.6. The van der Waals surface area contributed by atoms with Crippen LogP contribution in [0, 0.1) is 0 Å². The van der Waals surface area contributed by atoms with Crippen molar-refractivity contribution in [2.45, 2.75) is 51.6 Å². The van der Waals surface area contributed by atoms with Gasteiger partial charge in [0.2, 0.25) is 5.91 Å². The van der Waals surface area contributed by atoms with Gasteiger partial charge in [0.1, 0.15) is 0 Å². The minimum Gasteiger partial charge on any atom is -0.335 e. The molecular formula is C14H22N2OS. The monoisotopic (exact) mass is 266 g/mol. The average molecular weight is 266 g/mol. The SMILES string of the molecule is CCC1c2ccsc2CCN1C(=O)CCC(C)N. The van der Waals surface area contributed by atoms with E-state index in [1.807, 2.05) is 18.3 Å². The molecule has 0 aliphatic carbocycles. The molecule has 0 radical (unpaired) electrons. The molecule has 2 unspecified atom stereocenters. The topological polar surface area (TPSA) is 46.3 Å². The van der Waals surface area contributed by atoms with Gasteiger partial charge < -0.3 is 10.6 Å². The molecule has 0 bridgehead atoms. The van der Waals surface area contributed by atoms with Crippen molar-refractivity contribution < 1.29 is 4.79 Å². The number of fused-ring (bicyclic) bond motifs is 1. The smallest absolute Gasteiger partial charge is 0.223 e. The molecule has 0 fully saturated rings. The molecule has 1 aliphatic heterocycles. The predicted molar refractivity (Wildman–Crippen MR) is 75.7 cm³/mol. The summed E-state index contributed by atoms with van der Waals surface area (Å²) < 4.78 is 0. The fourth-order valence-corrected chi connectivity index (χ4v) is 3.56. The van der Waals surface area contributed by atoms with Crippen molar-refractivity contribution in [3.8, 4) is 0 Å². The molecule has 0 saturated carbocycles. The molecule has 4 heteroatoms.